The lowest BCUT2D eigenvalue weighted by Gasteiger charge is -2.57. The lowest BCUT2D eigenvalue weighted by molar-refractivity contribution is -0.333. The van der Waals surface area contributed by atoms with Crippen molar-refractivity contribution in [3.05, 3.63) is 65.2 Å². The number of methoxy groups -OCH3 is 1. The lowest BCUT2D eigenvalue weighted by atomic mass is 9.49. The van der Waals surface area contributed by atoms with Gasteiger partial charge < -0.3 is 19.7 Å². The third-order valence-corrected chi connectivity index (χ3v) is 8.16. The van der Waals surface area contributed by atoms with E-state index < -0.39 is 17.5 Å². The standard InChI is InChI=1S/C27H34O4/c1-18-14-15-21(31-3)17-23(18)26(2)16-8-10-19-9-7-13-22(24(19)26)27(30,25(28)29)20-11-5-4-6-12-20/h4-6,11-12,14-15,17,19,22,24,30H,7-10,13,16H2,1-3H3,(H,28,29)/p-1/t19-,22+,24-,26+,27-/m0/s1. The zero-order valence-corrected chi connectivity index (χ0v) is 18.8. The van der Waals surface area contributed by atoms with E-state index in [0.29, 0.717) is 17.9 Å². The Morgan fingerprint density at radius 1 is 1.13 bits per heavy atom. The number of aliphatic carboxylic acids is 1. The van der Waals surface area contributed by atoms with Crippen LogP contribution in [0.2, 0.25) is 0 Å². The highest BCUT2D eigenvalue weighted by atomic mass is 16.5. The van der Waals surface area contributed by atoms with Crippen LogP contribution in [0.5, 0.6) is 5.75 Å². The number of hydrogen-bond acceptors (Lipinski definition) is 4. The van der Waals surface area contributed by atoms with E-state index >= 15 is 0 Å². The molecule has 5 atom stereocenters. The Balaban J connectivity index is 1.87. The van der Waals surface area contributed by atoms with Crippen LogP contribution in [0.4, 0.5) is 0 Å². The number of carbonyl (C=O) groups excluding carboxylic acids is 1. The van der Waals surface area contributed by atoms with Crippen LogP contribution >= 0.6 is 0 Å². The summed E-state index contributed by atoms with van der Waals surface area (Å²) in [4.78, 5) is 12.5. The minimum atomic E-state index is -2.00. The van der Waals surface area contributed by atoms with Crippen LogP contribution in [0, 0.1) is 24.7 Å². The summed E-state index contributed by atoms with van der Waals surface area (Å²) in [5.41, 5.74) is 0.573. The third-order valence-electron chi connectivity index (χ3n) is 8.16. The molecule has 4 rings (SSSR count). The molecular formula is C27H33O4-. The smallest absolute Gasteiger partial charge is 0.132 e. The second kappa shape index (κ2) is 8.31. The molecule has 0 unspecified atom stereocenters. The van der Waals surface area contributed by atoms with Gasteiger partial charge in [0, 0.05) is 5.92 Å². The summed E-state index contributed by atoms with van der Waals surface area (Å²) in [6.07, 6.45) is 5.85. The normalized spacial score (nSPS) is 30.1. The first-order chi connectivity index (χ1) is 14.8. The van der Waals surface area contributed by atoms with Gasteiger partial charge in [-0.3, -0.25) is 0 Å². The molecule has 4 nitrogen and oxygen atoms in total. The van der Waals surface area contributed by atoms with Gasteiger partial charge in [-0.05, 0) is 65.8 Å². The zero-order chi connectivity index (χ0) is 22.2. The quantitative estimate of drug-likeness (QED) is 0.789. The van der Waals surface area contributed by atoms with Crippen molar-refractivity contribution in [1.29, 1.82) is 0 Å². The number of carboxylic acids is 1. The largest absolute Gasteiger partial charge is 0.547 e. The molecule has 0 spiro atoms. The minimum Gasteiger partial charge on any atom is -0.547 e. The second-order valence-corrected chi connectivity index (χ2v) is 9.73. The van der Waals surface area contributed by atoms with Crippen LogP contribution in [0.25, 0.3) is 0 Å². The topological polar surface area (TPSA) is 69.6 Å². The summed E-state index contributed by atoms with van der Waals surface area (Å²) >= 11 is 0. The van der Waals surface area contributed by atoms with E-state index in [1.54, 1.807) is 31.4 Å². The Labute approximate surface area is 185 Å². The molecule has 166 valence electrons. The number of fused-ring (bicyclic) bond motifs is 1. The molecule has 0 aromatic heterocycles. The van der Waals surface area contributed by atoms with Crippen molar-refractivity contribution in [1.82, 2.24) is 0 Å². The summed E-state index contributed by atoms with van der Waals surface area (Å²) in [5, 5.41) is 24.3. The Morgan fingerprint density at radius 3 is 2.52 bits per heavy atom. The third kappa shape index (κ3) is 3.55. The summed E-state index contributed by atoms with van der Waals surface area (Å²) in [6.45, 7) is 4.38. The van der Waals surface area contributed by atoms with Crippen LogP contribution in [0.1, 0.15) is 62.1 Å². The Hall–Kier alpha value is -2.33. The van der Waals surface area contributed by atoms with Crippen molar-refractivity contribution in [2.75, 3.05) is 7.11 Å². The molecule has 2 aromatic rings. The van der Waals surface area contributed by atoms with Crippen molar-refractivity contribution in [2.45, 2.75) is 63.4 Å². The second-order valence-electron chi connectivity index (χ2n) is 9.73. The van der Waals surface area contributed by atoms with Crippen molar-refractivity contribution >= 4 is 5.97 Å². The molecule has 4 heteroatoms. The monoisotopic (exact) mass is 421 g/mol. The van der Waals surface area contributed by atoms with E-state index in [1.807, 2.05) is 12.1 Å². The molecule has 0 bridgehead atoms. The highest BCUT2D eigenvalue weighted by molar-refractivity contribution is 5.78. The van der Waals surface area contributed by atoms with Gasteiger partial charge in [0.25, 0.3) is 0 Å². The SMILES string of the molecule is COc1ccc(C)c([C@@]2(C)CCC[C@@H]3CCC[C@@H]([C@](O)(C(=O)[O-])c4ccccc4)[C@H]32)c1. The molecule has 31 heavy (non-hydrogen) atoms. The van der Waals surface area contributed by atoms with Gasteiger partial charge in [-0.15, -0.1) is 0 Å². The molecule has 2 saturated carbocycles. The van der Waals surface area contributed by atoms with E-state index in [1.165, 1.54) is 11.1 Å². The number of rotatable bonds is 5. The first-order valence-corrected chi connectivity index (χ1v) is 11.5. The van der Waals surface area contributed by atoms with Crippen LogP contribution < -0.4 is 9.84 Å². The first kappa shape index (κ1) is 21.9. The Kier molecular flexibility index (Phi) is 5.87. The molecular weight excluding hydrogens is 388 g/mol. The van der Waals surface area contributed by atoms with Crippen LogP contribution in [0.15, 0.2) is 48.5 Å². The summed E-state index contributed by atoms with van der Waals surface area (Å²) < 4.78 is 5.53. The van der Waals surface area contributed by atoms with Gasteiger partial charge in [0.05, 0.1) is 13.1 Å². The van der Waals surface area contributed by atoms with E-state index in [4.69, 9.17) is 4.74 Å². The molecule has 2 aliphatic rings. The molecule has 0 aliphatic heterocycles. The van der Waals surface area contributed by atoms with E-state index in [2.05, 4.69) is 26.0 Å². The number of carbonyl (C=O) groups is 1. The fourth-order valence-electron chi connectivity index (χ4n) is 6.78. The van der Waals surface area contributed by atoms with Gasteiger partial charge in [-0.1, -0.05) is 69.0 Å². The highest BCUT2D eigenvalue weighted by Crippen LogP contribution is 2.58. The summed E-state index contributed by atoms with van der Waals surface area (Å²) in [7, 11) is 1.67. The maximum atomic E-state index is 12.5. The average molecular weight is 422 g/mol. The lowest BCUT2D eigenvalue weighted by Crippen LogP contribution is -2.59. The number of benzene rings is 2. The fourth-order valence-corrected chi connectivity index (χ4v) is 6.78. The van der Waals surface area contributed by atoms with E-state index in [0.717, 1.165) is 37.9 Å². The van der Waals surface area contributed by atoms with Gasteiger partial charge >= 0.3 is 0 Å². The van der Waals surface area contributed by atoms with Gasteiger partial charge in [0.15, 0.2) is 0 Å². The maximum absolute atomic E-state index is 12.5. The molecule has 0 radical (unpaired) electrons. The molecule has 1 N–H and O–H groups in total. The average Bonchev–Trinajstić information content (AvgIpc) is 2.79. The summed E-state index contributed by atoms with van der Waals surface area (Å²) in [5.74, 6) is -0.551. The van der Waals surface area contributed by atoms with Gasteiger partial charge in [-0.2, -0.15) is 0 Å². The van der Waals surface area contributed by atoms with Crippen molar-refractivity contribution < 1.29 is 19.7 Å². The molecule has 0 amide bonds. The number of aryl methyl sites for hydroxylation is 1. The van der Waals surface area contributed by atoms with Gasteiger partial charge in [0.1, 0.15) is 11.4 Å². The van der Waals surface area contributed by atoms with Crippen LogP contribution in [0.3, 0.4) is 0 Å². The van der Waals surface area contributed by atoms with Crippen molar-refractivity contribution in [2.24, 2.45) is 17.8 Å². The molecule has 2 aromatic carbocycles. The number of ether oxygens (including phenoxy) is 1. The van der Waals surface area contributed by atoms with Crippen LogP contribution in [-0.4, -0.2) is 18.2 Å². The zero-order valence-electron chi connectivity index (χ0n) is 18.8. The number of carboxylic acid groups (broad SMARTS) is 1. The predicted molar refractivity (Wildman–Crippen MR) is 119 cm³/mol. The van der Waals surface area contributed by atoms with E-state index in [9.17, 15) is 15.0 Å². The first-order valence-electron chi connectivity index (χ1n) is 11.5. The molecule has 0 heterocycles. The predicted octanol–water partition coefficient (Wildman–Crippen LogP) is 4.12. The minimum absolute atomic E-state index is 0.0453. The number of hydrogen-bond donors (Lipinski definition) is 1. The Bertz CT molecular complexity index is 938. The molecule has 2 aliphatic carbocycles. The van der Waals surface area contributed by atoms with E-state index in [-0.39, 0.29) is 11.3 Å². The van der Waals surface area contributed by atoms with Crippen molar-refractivity contribution in [3.8, 4) is 5.75 Å². The van der Waals surface area contributed by atoms with Crippen molar-refractivity contribution in [3.63, 3.8) is 0 Å². The van der Waals surface area contributed by atoms with Crippen LogP contribution in [-0.2, 0) is 15.8 Å². The summed E-state index contributed by atoms with van der Waals surface area (Å²) in [6, 6.07) is 15.0. The van der Waals surface area contributed by atoms with Gasteiger partial charge in [-0.25, -0.2) is 0 Å². The molecule has 0 saturated heterocycles. The highest BCUT2D eigenvalue weighted by Gasteiger charge is 2.55. The molecule has 2 fully saturated rings. The fraction of sp³-hybridized carbons (Fsp3) is 0.519. The number of aliphatic hydroxyl groups is 1. The van der Waals surface area contributed by atoms with Gasteiger partial charge in [0.2, 0.25) is 0 Å². The maximum Gasteiger partial charge on any atom is 0.132 e. The Morgan fingerprint density at radius 2 is 1.84 bits per heavy atom.